The van der Waals surface area contributed by atoms with Crippen molar-refractivity contribution in [1.82, 2.24) is 10.9 Å². The summed E-state index contributed by atoms with van der Waals surface area (Å²) in [5.41, 5.74) is 5.10. The number of rotatable bonds is 7. The zero-order valence-electron chi connectivity index (χ0n) is 15.7. The Morgan fingerprint density at radius 1 is 1.04 bits per heavy atom. The lowest BCUT2D eigenvalue weighted by atomic mass is 10.1. The summed E-state index contributed by atoms with van der Waals surface area (Å²) in [4.78, 5) is 23.9. The summed E-state index contributed by atoms with van der Waals surface area (Å²) < 4.78 is 29.1. The molecular weight excluding hydrogens is 367 g/mol. The third kappa shape index (κ3) is 5.73. The van der Waals surface area contributed by atoms with Crippen molar-refractivity contribution >= 4 is 17.9 Å². The molecule has 0 aliphatic heterocycles. The SMILES string of the molecule is COc1ccc(/C=C/C(=O)NNC(=O)[C@H](C)Oc2ccccc2F)c(OC)c1. The Bertz CT molecular complexity index is 869. The summed E-state index contributed by atoms with van der Waals surface area (Å²) in [6.45, 7) is 1.44. The van der Waals surface area contributed by atoms with E-state index < -0.39 is 23.7 Å². The Morgan fingerprint density at radius 2 is 1.79 bits per heavy atom. The fourth-order valence-electron chi connectivity index (χ4n) is 2.17. The van der Waals surface area contributed by atoms with E-state index in [-0.39, 0.29) is 5.75 Å². The summed E-state index contributed by atoms with van der Waals surface area (Å²) >= 11 is 0. The lowest BCUT2D eigenvalue weighted by molar-refractivity contribution is -0.131. The molecule has 2 rings (SSSR count). The summed E-state index contributed by atoms with van der Waals surface area (Å²) in [6, 6.07) is 10.9. The number of hydrogen-bond donors (Lipinski definition) is 2. The highest BCUT2D eigenvalue weighted by atomic mass is 19.1. The second kappa shape index (κ2) is 9.96. The molecule has 0 saturated carbocycles. The highest BCUT2D eigenvalue weighted by Crippen LogP contribution is 2.25. The van der Waals surface area contributed by atoms with E-state index in [2.05, 4.69) is 10.9 Å². The third-order valence-electron chi connectivity index (χ3n) is 3.67. The average molecular weight is 388 g/mol. The van der Waals surface area contributed by atoms with Crippen LogP contribution in [0.4, 0.5) is 4.39 Å². The second-order valence-corrected chi connectivity index (χ2v) is 5.61. The van der Waals surface area contributed by atoms with Crippen LogP contribution in [0.3, 0.4) is 0 Å². The number of nitrogens with one attached hydrogen (secondary N) is 2. The van der Waals surface area contributed by atoms with Gasteiger partial charge in [0.25, 0.3) is 11.8 Å². The van der Waals surface area contributed by atoms with Crippen molar-refractivity contribution in [2.75, 3.05) is 14.2 Å². The molecule has 28 heavy (non-hydrogen) atoms. The van der Waals surface area contributed by atoms with Crippen molar-refractivity contribution in [1.29, 1.82) is 0 Å². The normalized spacial score (nSPS) is 11.6. The molecule has 7 nitrogen and oxygen atoms in total. The van der Waals surface area contributed by atoms with Crippen molar-refractivity contribution in [3.63, 3.8) is 0 Å². The van der Waals surface area contributed by atoms with Gasteiger partial charge in [0, 0.05) is 17.7 Å². The van der Waals surface area contributed by atoms with Gasteiger partial charge >= 0.3 is 0 Å². The molecule has 0 fully saturated rings. The number of carbonyl (C=O) groups excluding carboxylic acids is 2. The quantitative estimate of drug-likeness (QED) is 0.562. The molecule has 2 aromatic rings. The van der Waals surface area contributed by atoms with Gasteiger partial charge in [0.05, 0.1) is 14.2 Å². The fraction of sp³-hybridized carbons (Fsp3) is 0.200. The van der Waals surface area contributed by atoms with E-state index in [1.54, 1.807) is 24.3 Å². The van der Waals surface area contributed by atoms with Crippen LogP contribution in [0, 0.1) is 5.82 Å². The highest BCUT2D eigenvalue weighted by Gasteiger charge is 2.16. The number of hydrogen-bond acceptors (Lipinski definition) is 5. The van der Waals surface area contributed by atoms with Gasteiger partial charge in [-0.3, -0.25) is 20.4 Å². The van der Waals surface area contributed by atoms with Crippen LogP contribution < -0.4 is 25.1 Å². The molecule has 0 spiro atoms. The zero-order valence-corrected chi connectivity index (χ0v) is 15.7. The van der Waals surface area contributed by atoms with Crippen LogP contribution in [0.1, 0.15) is 12.5 Å². The van der Waals surface area contributed by atoms with Gasteiger partial charge in [-0.05, 0) is 37.3 Å². The molecule has 2 amide bonds. The summed E-state index contributed by atoms with van der Waals surface area (Å²) in [7, 11) is 3.04. The maximum atomic E-state index is 13.5. The first-order chi connectivity index (χ1) is 13.4. The number of carbonyl (C=O) groups is 2. The molecule has 0 unspecified atom stereocenters. The van der Waals surface area contributed by atoms with Gasteiger partial charge in [-0.15, -0.1) is 0 Å². The maximum absolute atomic E-state index is 13.5. The molecule has 2 N–H and O–H groups in total. The van der Waals surface area contributed by atoms with Gasteiger partial charge in [-0.25, -0.2) is 4.39 Å². The topological polar surface area (TPSA) is 85.9 Å². The predicted octanol–water partition coefficient (Wildman–Crippen LogP) is 2.47. The number of methoxy groups -OCH3 is 2. The molecule has 2 aromatic carbocycles. The van der Waals surface area contributed by atoms with Crippen LogP contribution in [0.25, 0.3) is 6.08 Å². The number of amides is 2. The largest absolute Gasteiger partial charge is 0.497 e. The molecule has 1 atom stereocenters. The molecule has 0 heterocycles. The van der Waals surface area contributed by atoms with E-state index in [1.807, 2.05) is 0 Å². The molecule has 0 aliphatic carbocycles. The molecular formula is C20H21FN2O5. The Kier molecular flexibility index (Phi) is 7.38. The maximum Gasteiger partial charge on any atom is 0.279 e. The van der Waals surface area contributed by atoms with Crippen molar-refractivity contribution in [3.8, 4) is 17.2 Å². The molecule has 0 saturated heterocycles. The van der Waals surface area contributed by atoms with Crippen LogP contribution in [0.5, 0.6) is 17.2 Å². The monoisotopic (exact) mass is 388 g/mol. The van der Waals surface area contributed by atoms with Gasteiger partial charge in [0.2, 0.25) is 0 Å². The minimum atomic E-state index is -1.01. The summed E-state index contributed by atoms with van der Waals surface area (Å²) in [5, 5.41) is 0. The minimum absolute atomic E-state index is 0.0528. The van der Waals surface area contributed by atoms with Gasteiger partial charge in [0.1, 0.15) is 11.5 Å². The van der Waals surface area contributed by atoms with Gasteiger partial charge in [-0.1, -0.05) is 12.1 Å². The van der Waals surface area contributed by atoms with Crippen molar-refractivity contribution in [2.24, 2.45) is 0 Å². The van der Waals surface area contributed by atoms with E-state index in [0.717, 1.165) is 0 Å². The van der Waals surface area contributed by atoms with Gasteiger partial charge in [0.15, 0.2) is 17.7 Å². The average Bonchev–Trinajstić information content (AvgIpc) is 2.71. The first kappa shape index (κ1) is 20.8. The molecule has 0 aliphatic rings. The number of halogens is 1. The smallest absolute Gasteiger partial charge is 0.279 e. The van der Waals surface area contributed by atoms with E-state index >= 15 is 0 Å². The van der Waals surface area contributed by atoms with Crippen molar-refractivity contribution in [3.05, 3.63) is 59.9 Å². The first-order valence-electron chi connectivity index (χ1n) is 8.35. The van der Waals surface area contributed by atoms with Gasteiger partial charge < -0.3 is 14.2 Å². The molecule has 0 bridgehead atoms. The fourth-order valence-corrected chi connectivity index (χ4v) is 2.17. The minimum Gasteiger partial charge on any atom is -0.497 e. The third-order valence-corrected chi connectivity index (χ3v) is 3.67. The van der Waals surface area contributed by atoms with E-state index in [1.165, 1.54) is 51.5 Å². The van der Waals surface area contributed by atoms with Crippen LogP contribution in [-0.4, -0.2) is 32.1 Å². The lowest BCUT2D eigenvalue weighted by Crippen LogP contribution is -2.46. The van der Waals surface area contributed by atoms with Crippen molar-refractivity contribution in [2.45, 2.75) is 13.0 Å². The molecule has 8 heteroatoms. The Hall–Kier alpha value is -3.55. The van der Waals surface area contributed by atoms with Crippen LogP contribution in [-0.2, 0) is 9.59 Å². The molecule has 0 aromatic heterocycles. The predicted molar refractivity (Wildman–Crippen MR) is 101 cm³/mol. The Balaban J connectivity index is 1.88. The molecule has 148 valence electrons. The summed E-state index contributed by atoms with van der Waals surface area (Å²) in [6.07, 6.45) is 1.74. The summed E-state index contributed by atoms with van der Waals surface area (Å²) in [5.74, 6) is -0.684. The van der Waals surface area contributed by atoms with Gasteiger partial charge in [-0.2, -0.15) is 0 Å². The number of hydrazine groups is 1. The number of para-hydroxylation sites is 1. The Labute approximate surface area is 162 Å². The van der Waals surface area contributed by atoms with Crippen LogP contribution in [0.2, 0.25) is 0 Å². The standard InChI is InChI=1S/C20H21FN2O5/c1-13(28-17-7-5-4-6-16(17)21)20(25)23-22-19(24)11-9-14-8-10-15(26-2)12-18(14)27-3/h4-13H,1-3H3,(H,22,24)(H,23,25)/b11-9+/t13-/m0/s1. The lowest BCUT2D eigenvalue weighted by Gasteiger charge is -2.15. The van der Waals surface area contributed by atoms with Crippen LogP contribution in [0.15, 0.2) is 48.5 Å². The van der Waals surface area contributed by atoms with E-state index in [4.69, 9.17) is 14.2 Å². The number of benzene rings is 2. The van der Waals surface area contributed by atoms with Crippen molar-refractivity contribution < 1.29 is 28.2 Å². The Morgan fingerprint density at radius 3 is 2.46 bits per heavy atom. The molecule has 0 radical (unpaired) electrons. The van der Waals surface area contributed by atoms with E-state index in [0.29, 0.717) is 17.1 Å². The second-order valence-electron chi connectivity index (χ2n) is 5.61. The first-order valence-corrected chi connectivity index (χ1v) is 8.35. The highest BCUT2D eigenvalue weighted by molar-refractivity contribution is 5.94. The zero-order chi connectivity index (χ0) is 20.5. The van der Waals surface area contributed by atoms with E-state index in [9.17, 15) is 14.0 Å². The number of ether oxygens (including phenoxy) is 3. The van der Waals surface area contributed by atoms with Crippen LogP contribution >= 0.6 is 0 Å².